The average molecular weight is 225 g/mol. The summed E-state index contributed by atoms with van der Waals surface area (Å²) in [5, 5.41) is 4.18. The lowest BCUT2D eigenvalue weighted by Gasteiger charge is -2.29. The Balaban J connectivity index is 2.49. The van der Waals surface area contributed by atoms with Crippen molar-refractivity contribution in [3.05, 3.63) is 18.5 Å². The predicted octanol–water partition coefficient (Wildman–Crippen LogP) is 2.20. The fourth-order valence-electron chi connectivity index (χ4n) is 1.28. The minimum Gasteiger partial charge on any atom is -0.316 e. The highest BCUT2D eigenvalue weighted by Crippen LogP contribution is 2.24. The van der Waals surface area contributed by atoms with Gasteiger partial charge in [-0.1, -0.05) is 32.5 Å². The maximum atomic E-state index is 4.19. The minimum absolute atomic E-state index is 0.260. The van der Waals surface area contributed by atoms with Crippen LogP contribution in [0.15, 0.2) is 23.6 Å². The Morgan fingerprint density at radius 2 is 1.93 bits per heavy atom. The largest absolute Gasteiger partial charge is 0.316 e. The van der Waals surface area contributed by atoms with Crippen LogP contribution in [0, 0.1) is 5.41 Å². The van der Waals surface area contributed by atoms with E-state index in [0.29, 0.717) is 6.04 Å². The molecule has 1 heterocycles. The molecule has 1 rings (SSSR count). The molecular formula is C11H19N3S. The first-order chi connectivity index (χ1) is 7.04. The molecule has 84 valence electrons. The predicted molar refractivity (Wildman–Crippen MR) is 65.1 cm³/mol. The molecular weight excluding hydrogens is 206 g/mol. The average Bonchev–Trinajstić information content (AvgIpc) is 2.18. The van der Waals surface area contributed by atoms with E-state index in [1.807, 2.05) is 13.1 Å². The van der Waals surface area contributed by atoms with Crippen LogP contribution in [0.3, 0.4) is 0 Å². The second-order valence-electron chi connectivity index (χ2n) is 4.55. The second-order valence-corrected chi connectivity index (χ2v) is 5.54. The third-order valence-corrected chi connectivity index (χ3v) is 3.28. The number of hydrogen-bond acceptors (Lipinski definition) is 4. The van der Waals surface area contributed by atoms with Gasteiger partial charge in [-0.3, -0.25) is 0 Å². The molecule has 0 aliphatic carbocycles. The quantitative estimate of drug-likeness (QED) is 0.630. The fourth-order valence-corrected chi connectivity index (χ4v) is 2.54. The minimum atomic E-state index is 0.260. The van der Waals surface area contributed by atoms with Crippen LogP contribution in [0.5, 0.6) is 0 Å². The highest BCUT2D eigenvalue weighted by atomic mass is 32.2. The summed E-state index contributed by atoms with van der Waals surface area (Å²) >= 11 is 1.70. The standard InChI is InChI=1S/C11H19N3S/c1-11(2,3)9(12-4)8-15-10-13-6-5-7-14-10/h5-7,9,12H,8H2,1-4H3. The molecule has 0 spiro atoms. The van der Waals surface area contributed by atoms with Gasteiger partial charge in [0, 0.05) is 24.2 Å². The molecule has 1 N–H and O–H groups in total. The summed E-state index contributed by atoms with van der Waals surface area (Å²) in [4.78, 5) is 8.38. The van der Waals surface area contributed by atoms with E-state index in [-0.39, 0.29) is 5.41 Å². The molecule has 0 saturated heterocycles. The monoisotopic (exact) mass is 225 g/mol. The number of nitrogens with one attached hydrogen (secondary N) is 1. The van der Waals surface area contributed by atoms with E-state index in [1.165, 1.54) is 0 Å². The van der Waals surface area contributed by atoms with Crippen molar-refractivity contribution in [2.24, 2.45) is 5.41 Å². The van der Waals surface area contributed by atoms with Gasteiger partial charge in [0.1, 0.15) is 0 Å². The van der Waals surface area contributed by atoms with Gasteiger partial charge < -0.3 is 5.32 Å². The van der Waals surface area contributed by atoms with E-state index in [1.54, 1.807) is 24.2 Å². The molecule has 15 heavy (non-hydrogen) atoms. The summed E-state index contributed by atoms with van der Waals surface area (Å²) in [6.45, 7) is 6.71. The highest BCUT2D eigenvalue weighted by Gasteiger charge is 2.23. The first kappa shape index (κ1) is 12.5. The second kappa shape index (κ2) is 5.47. The summed E-state index contributed by atoms with van der Waals surface area (Å²) in [5.74, 6) is 0.990. The van der Waals surface area contributed by atoms with Crippen molar-refractivity contribution in [1.29, 1.82) is 0 Å². The smallest absolute Gasteiger partial charge is 0.187 e. The third-order valence-electron chi connectivity index (χ3n) is 2.32. The van der Waals surface area contributed by atoms with Crippen LogP contribution in [-0.2, 0) is 0 Å². The SMILES string of the molecule is CNC(CSc1ncccn1)C(C)(C)C. The van der Waals surface area contributed by atoms with Gasteiger partial charge in [0.15, 0.2) is 5.16 Å². The maximum Gasteiger partial charge on any atom is 0.187 e. The lowest BCUT2D eigenvalue weighted by molar-refractivity contribution is 0.305. The molecule has 1 aromatic rings. The third kappa shape index (κ3) is 4.18. The maximum absolute atomic E-state index is 4.19. The van der Waals surface area contributed by atoms with Crippen molar-refractivity contribution in [3.63, 3.8) is 0 Å². The molecule has 1 atom stereocenters. The molecule has 0 bridgehead atoms. The number of aromatic nitrogens is 2. The van der Waals surface area contributed by atoms with E-state index in [9.17, 15) is 0 Å². The zero-order chi connectivity index (χ0) is 11.3. The van der Waals surface area contributed by atoms with Gasteiger partial charge in [0.25, 0.3) is 0 Å². The van der Waals surface area contributed by atoms with Gasteiger partial charge in [-0.15, -0.1) is 0 Å². The lowest BCUT2D eigenvalue weighted by Crippen LogP contribution is -2.40. The van der Waals surface area contributed by atoms with Crippen LogP contribution < -0.4 is 5.32 Å². The van der Waals surface area contributed by atoms with Crippen LogP contribution in [-0.4, -0.2) is 28.8 Å². The molecule has 1 unspecified atom stereocenters. The van der Waals surface area contributed by atoms with Gasteiger partial charge in [0.05, 0.1) is 0 Å². The summed E-state index contributed by atoms with van der Waals surface area (Å²) in [6.07, 6.45) is 3.56. The van der Waals surface area contributed by atoms with Crippen LogP contribution >= 0.6 is 11.8 Å². The topological polar surface area (TPSA) is 37.8 Å². The van der Waals surface area contributed by atoms with E-state index in [0.717, 1.165) is 10.9 Å². The molecule has 0 aliphatic heterocycles. The first-order valence-electron chi connectivity index (χ1n) is 5.11. The van der Waals surface area contributed by atoms with Crippen LogP contribution in [0.25, 0.3) is 0 Å². The zero-order valence-electron chi connectivity index (χ0n) is 9.82. The van der Waals surface area contributed by atoms with Crippen molar-refractivity contribution < 1.29 is 0 Å². The number of rotatable bonds is 4. The molecule has 0 saturated carbocycles. The molecule has 0 amide bonds. The van der Waals surface area contributed by atoms with Crippen molar-refractivity contribution in [1.82, 2.24) is 15.3 Å². The Labute approximate surface area is 96.1 Å². The van der Waals surface area contributed by atoms with Crippen LogP contribution in [0.1, 0.15) is 20.8 Å². The van der Waals surface area contributed by atoms with E-state index in [2.05, 4.69) is 36.1 Å². The van der Waals surface area contributed by atoms with E-state index >= 15 is 0 Å². The van der Waals surface area contributed by atoms with Gasteiger partial charge in [-0.05, 0) is 18.5 Å². The number of thioether (sulfide) groups is 1. The zero-order valence-corrected chi connectivity index (χ0v) is 10.6. The molecule has 4 heteroatoms. The summed E-state index contributed by atoms with van der Waals surface area (Å²) in [6, 6.07) is 2.30. The summed E-state index contributed by atoms with van der Waals surface area (Å²) < 4.78 is 0. The van der Waals surface area contributed by atoms with Gasteiger partial charge in [-0.2, -0.15) is 0 Å². The van der Waals surface area contributed by atoms with E-state index < -0.39 is 0 Å². The Kier molecular flexibility index (Phi) is 4.54. The first-order valence-corrected chi connectivity index (χ1v) is 6.09. The molecule has 0 aliphatic rings. The van der Waals surface area contributed by atoms with Crippen molar-refractivity contribution in [2.45, 2.75) is 32.0 Å². The normalized spacial score (nSPS) is 13.9. The lowest BCUT2D eigenvalue weighted by atomic mass is 9.88. The van der Waals surface area contributed by atoms with Gasteiger partial charge in [-0.25, -0.2) is 9.97 Å². The van der Waals surface area contributed by atoms with Crippen molar-refractivity contribution >= 4 is 11.8 Å². The van der Waals surface area contributed by atoms with Crippen molar-refractivity contribution in [3.8, 4) is 0 Å². The Morgan fingerprint density at radius 3 is 2.40 bits per heavy atom. The Hall–Kier alpha value is -0.610. The van der Waals surface area contributed by atoms with E-state index in [4.69, 9.17) is 0 Å². The van der Waals surface area contributed by atoms with Crippen LogP contribution in [0.2, 0.25) is 0 Å². The molecule has 3 nitrogen and oxygen atoms in total. The van der Waals surface area contributed by atoms with Gasteiger partial charge >= 0.3 is 0 Å². The number of hydrogen-bond donors (Lipinski definition) is 1. The fraction of sp³-hybridized carbons (Fsp3) is 0.636. The summed E-state index contributed by atoms with van der Waals surface area (Å²) in [7, 11) is 2.00. The Bertz CT molecular complexity index is 282. The molecule has 0 fully saturated rings. The Morgan fingerprint density at radius 1 is 1.33 bits per heavy atom. The summed E-state index contributed by atoms with van der Waals surface area (Å²) in [5.41, 5.74) is 0.260. The van der Waals surface area contributed by atoms with Crippen LogP contribution in [0.4, 0.5) is 0 Å². The molecule has 0 radical (unpaired) electrons. The van der Waals surface area contributed by atoms with Crippen molar-refractivity contribution in [2.75, 3.05) is 12.8 Å². The molecule has 0 aromatic carbocycles. The number of nitrogens with zero attached hydrogens (tertiary/aromatic N) is 2. The highest BCUT2D eigenvalue weighted by molar-refractivity contribution is 7.99. The van der Waals surface area contributed by atoms with Gasteiger partial charge in [0.2, 0.25) is 0 Å². The molecule has 1 aromatic heterocycles.